The summed E-state index contributed by atoms with van der Waals surface area (Å²) in [6.45, 7) is 18.5. The SMILES string of the molecule is CC(C)c1ccc(N(c2ccccc2)c2ccc3c(c2)C(C)(C)c2cnc4c(c2-3)C(C)(C)c2cc(N(c3ccccc3)c3ccc(C(C)C)cc3)ccc2-4)cc1. The Balaban J connectivity index is 1.16. The van der Waals surface area contributed by atoms with Crippen molar-refractivity contribution in [2.45, 2.75) is 78.1 Å². The van der Waals surface area contributed by atoms with E-state index in [4.69, 9.17) is 4.98 Å². The van der Waals surface area contributed by atoms with Crippen LogP contribution in [0, 0.1) is 0 Å². The maximum atomic E-state index is 5.31. The Kier molecular flexibility index (Phi) is 8.54. The number of fused-ring (bicyclic) bond motifs is 7. The topological polar surface area (TPSA) is 19.4 Å². The van der Waals surface area contributed by atoms with Crippen LogP contribution in [-0.2, 0) is 10.8 Å². The minimum absolute atomic E-state index is 0.227. The molecule has 278 valence electrons. The molecule has 0 unspecified atom stereocenters. The second-order valence-corrected chi connectivity index (χ2v) is 17.3. The van der Waals surface area contributed by atoms with Crippen molar-refractivity contribution in [2.75, 3.05) is 9.80 Å². The number of rotatable bonds is 8. The van der Waals surface area contributed by atoms with Crippen LogP contribution in [0.15, 0.2) is 152 Å². The van der Waals surface area contributed by atoms with Crippen molar-refractivity contribution in [3.8, 4) is 22.4 Å². The molecule has 2 aliphatic rings. The van der Waals surface area contributed by atoms with Gasteiger partial charge in [-0.25, -0.2) is 0 Å². The lowest BCUT2D eigenvalue weighted by molar-refractivity contribution is 0.643. The molecule has 9 rings (SSSR count). The molecule has 7 aromatic rings. The van der Waals surface area contributed by atoms with Crippen molar-refractivity contribution in [2.24, 2.45) is 0 Å². The summed E-state index contributed by atoms with van der Waals surface area (Å²) in [5.74, 6) is 0.963. The zero-order valence-corrected chi connectivity index (χ0v) is 33.9. The number of hydrogen-bond donors (Lipinski definition) is 0. The van der Waals surface area contributed by atoms with E-state index in [1.807, 2.05) is 0 Å². The molecule has 0 amide bonds. The summed E-state index contributed by atoms with van der Waals surface area (Å²) in [5.41, 5.74) is 19.4. The summed E-state index contributed by atoms with van der Waals surface area (Å²) in [6.07, 6.45) is 2.17. The highest BCUT2D eigenvalue weighted by atomic mass is 15.1. The van der Waals surface area contributed by atoms with E-state index in [0.29, 0.717) is 11.8 Å². The van der Waals surface area contributed by atoms with Gasteiger partial charge in [0.25, 0.3) is 0 Å². The number of benzene rings is 6. The van der Waals surface area contributed by atoms with Crippen LogP contribution in [0.25, 0.3) is 22.4 Å². The molecule has 0 atom stereocenters. The van der Waals surface area contributed by atoms with E-state index in [1.165, 1.54) is 50.1 Å². The van der Waals surface area contributed by atoms with Crippen LogP contribution in [0.4, 0.5) is 34.1 Å². The van der Waals surface area contributed by atoms with E-state index < -0.39 is 0 Å². The Bertz CT molecular complexity index is 2560. The fraction of sp³-hybridized carbons (Fsp3) is 0.226. The van der Waals surface area contributed by atoms with Gasteiger partial charge in [0.1, 0.15) is 0 Å². The Morgan fingerprint density at radius 3 is 1.30 bits per heavy atom. The van der Waals surface area contributed by atoms with Crippen molar-refractivity contribution in [1.29, 1.82) is 0 Å². The van der Waals surface area contributed by atoms with Crippen LogP contribution < -0.4 is 9.80 Å². The van der Waals surface area contributed by atoms with Gasteiger partial charge >= 0.3 is 0 Å². The molecule has 6 aromatic carbocycles. The molecule has 0 saturated carbocycles. The quantitative estimate of drug-likeness (QED) is 0.155. The molecule has 3 nitrogen and oxygen atoms in total. The lowest BCUT2D eigenvalue weighted by Crippen LogP contribution is -2.19. The molecule has 0 saturated heterocycles. The van der Waals surface area contributed by atoms with E-state index in [2.05, 4.69) is 217 Å². The average molecular weight is 730 g/mol. The van der Waals surface area contributed by atoms with Gasteiger partial charge in [-0.1, -0.05) is 128 Å². The molecule has 0 N–H and O–H groups in total. The summed E-state index contributed by atoms with van der Waals surface area (Å²) in [5, 5.41) is 0. The predicted molar refractivity (Wildman–Crippen MR) is 237 cm³/mol. The molecule has 2 aliphatic carbocycles. The van der Waals surface area contributed by atoms with Crippen LogP contribution in [-0.4, -0.2) is 4.98 Å². The Morgan fingerprint density at radius 2 is 0.839 bits per heavy atom. The van der Waals surface area contributed by atoms with Gasteiger partial charge in [0.15, 0.2) is 0 Å². The fourth-order valence-electron chi connectivity index (χ4n) is 9.22. The number of anilines is 6. The van der Waals surface area contributed by atoms with Crippen molar-refractivity contribution >= 4 is 34.1 Å². The number of pyridine rings is 1. The van der Waals surface area contributed by atoms with Gasteiger partial charge in [-0.05, 0) is 129 Å². The Labute approximate surface area is 333 Å². The Morgan fingerprint density at radius 1 is 0.429 bits per heavy atom. The van der Waals surface area contributed by atoms with Crippen molar-refractivity contribution in [3.05, 3.63) is 185 Å². The van der Waals surface area contributed by atoms with Crippen molar-refractivity contribution in [1.82, 2.24) is 4.98 Å². The lowest BCUT2D eigenvalue weighted by atomic mass is 9.78. The van der Waals surface area contributed by atoms with E-state index >= 15 is 0 Å². The molecule has 56 heavy (non-hydrogen) atoms. The number of hydrogen-bond acceptors (Lipinski definition) is 3. The van der Waals surface area contributed by atoms with Crippen LogP contribution in [0.1, 0.15) is 101 Å². The van der Waals surface area contributed by atoms with Crippen molar-refractivity contribution in [3.63, 3.8) is 0 Å². The maximum absolute atomic E-state index is 5.31. The van der Waals surface area contributed by atoms with Crippen LogP contribution in [0.3, 0.4) is 0 Å². The summed E-state index contributed by atoms with van der Waals surface area (Å²) < 4.78 is 0. The van der Waals surface area contributed by atoms with E-state index in [9.17, 15) is 0 Å². The van der Waals surface area contributed by atoms with Crippen LogP contribution in [0.2, 0.25) is 0 Å². The number of para-hydroxylation sites is 2. The van der Waals surface area contributed by atoms with Crippen LogP contribution >= 0.6 is 0 Å². The largest absolute Gasteiger partial charge is 0.310 e. The standard InChI is InChI=1S/C53H51N3/c1-34(2)36-19-23-40(24-20-36)55(38-15-11-9-12-16-38)42-27-29-44-46(31-42)52(5,6)48-33-54-51-45-30-28-43(32-47(45)53(7,8)50(51)49(44)48)56(39-17-13-10-14-18-39)41-25-21-37(22-26-41)35(3)4/h9-35H,1-8H3. The number of aromatic nitrogens is 1. The molecule has 0 aliphatic heterocycles. The monoisotopic (exact) mass is 729 g/mol. The molecule has 0 spiro atoms. The molecular weight excluding hydrogens is 679 g/mol. The van der Waals surface area contributed by atoms with E-state index in [0.717, 1.165) is 39.8 Å². The first-order chi connectivity index (χ1) is 26.9. The summed E-state index contributed by atoms with van der Waals surface area (Å²) in [4.78, 5) is 10.1. The van der Waals surface area contributed by atoms with Gasteiger partial charge in [-0.15, -0.1) is 0 Å². The third-order valence-corrected chi connectivity index (χ3v) is 12.4. The first-order valence-corrected chi connectivity index (χ1v) is 20.2. The highest BCUT2D eigenvalue weighted by molar-refractivity contribution is 5.94. The zero-order valence-electron chi connectivity index (χ0n) is 33.9. The first kappa shape index (κ1) is 35.8. The minimum Gasteiger partial charge on any atom is -0.310 e. The predicted octanol–water partition coefficient (Wildman–Crippen LogP) is 14.9. The first-order valence-electron chi connectivity index (χ1n) is 20.2. The third-order valence-electron chi connectivity index (χ3n) is 12.4. The fourth-order valence-corrected chi connectivity index (χ4v) is 9.22. The smallest absolute Gasteiger partial charge is 0.0752 e. The van der Waals surface area contributed by atoms with E-state index in [-0.39, 0.29) is 10.8 Å². The summed E-state index contributed by atoms with van der Waals surface area (Å²) in [7, 11) is 0. The van der Waals surface area contributed by atoms with Gasteiger partial charge in [0.2, 0.25) is 0 Å². The minimum atomic E-state index is -0.270. The van der Waals surface area contributed by atoms with Gasteiger partial charge in [-0.2, -0.15) is 0 Å². The molecule has 0 fully saturated rings. The van der Waals surface area contributed by atoms with E-state index in [1.54, 1.807) is 0 Å². The van der Waals surface area contributed by atoms with Crippen LogP contribution in [0.5, 0.6) is 0 Å². The zero-order chi connectivity index (χ0) is 38.9. The molecule has 0 radical (unpaired) electrons. The number of nitrogens with zero attached hydrogens (tertiary/aromatic N) is 3. The van der Waals surface area contributed by atoms with Gasteiger partial charge in [0.05, 0.1) is 5.69 Å². The highest BCUT2D eigenvalue weighted by Crippen LogP contribution is 2.59. The Hall–Kier alpha value is -5.93. The average Bonchev–Trinajstić information content (AvgIpc) is 3.58. The van der Waals surface area contributed by atoms with Gasteiger partial charge in [-0.3, -0.25) is 4.98 Å². The summed E-state index contributed by atoms with van der Waals surface area (Å²) >= 11 is 0. The third kappa shape index (κ3) is 5.67. The van der Waals surface area contributed by atoms with Gasteiger partial charge in [0, 0.05) is 56.7 Å². The molecular formula is C53H51N3. The van der Waals surface area contributed by atoms with Gasteiger partial charge < -0.3 is 9.80 Å². The highest BCUT2D eigenvalue weighted by Gasteiger charge is 2.46. The second kappa shape index (κ2) is 13.4. The molecule has 3 heteroatoms. The second-order valence-electron chi connectivity index (χ2n) is 17.3. The molecule has 1 aromatic heterocycles. The molecule has 0 bridgehead atoms. The normalized spacial score (nSPS) is 14.3. The maximum Gasteiger partial charge on any atom is 0.0752 e. The summed E-state index contributed by atoms with van der Waals surface area (Å²) in [6, 6.07) is 53.7. The molecule has 1 heterocycles. The lowest BCUT2D eigenvalue weighted by Gasteiger charge is -2.29. The van der Waals surface area contributed by atoms with Crippen molar-refractivity contribution < 1.29 is 0 Å².